The van der Waals surface area contributed by atoms with Crippen molar-refractivity contribution >= 4 is 45.4 Å². The molecule has 1 saturated heterocycles. The van der Waals surface area contributed by atoms with E-state index in [1.807, 2.05) is 79.0 Å². The highest BCUT2D eigenvalue weighted by Crippen LogP contribution is 2.44. The number of para-hydroxylation sites is 1. The number of thiocarbonyl (C=S) groups is 1. The topological polar surface area (TPSA) is 71.4 Å². The van der Waals surface area contributed by atoms with E-state index in [4.69, 9.17) is 21.9 Å². The molecule has 4 aromatic carbocycles. The Kier molecular flexibility index (Phi) is 7.95. The van der Waals surface area contributed by atoms with Crippen molar-refractivity contribution in [2.24, 2.45) is 0 Å². The second-order valence-corrected chi connectivity index (χ2v) is 11.7. The molecule has 46 heavy (non-hydrogen) atoms. The number of nitrogens with one attached hydrogen (secondary N) is 2. The predicted octanol–water partition coefficient (Wildman–Crippen LogP) is 7.84. The van der Waals surface area contributed by atoms with Gasteiger partial charge in [-0.05, 0) is 97.7 Å². The molecule has 0 bridgehead atoms. The van der Waals surface area contributed by atoms with Gasteiger partial charge < -0.3 is 24.8 Å². The number of rotatable bonds is 8. The molecule has 2 unspecified atom stereocenters. The average Bonchev–Trinajstić information content (AvgIpc) is 3.59. The molecule has 0 radical (unpaired) electrons. The van der Waals surface area contributed by atoms with Crippen LogP contribution in [0.2, 0.25) is 0 Å². The number of hydrogen-bond donors (Lipinski definition) is 2. The van der Waals surface area contributed by atoms with Gasteiger partial charge in [-0.1, -0.05) is 60.7 Å². The van der Waals surface area contributed by atoms with Crippen LogP contribution in [0, 0.1) is 13.8 Å². The van der Waals surface area contributed by atoms with Crippen molar-refractivity contribution in [2.75, 3.05) is 16.8 Å². The van der Waals surface area contributed by atoms with Gasteiger partial charge in [0.25, 0.3) is 5.91 Å². The van der Waals surface area contributed by atoms with Crippen LogP contribution in [-0.4, -0.2) is 27.2 Å². The molecular formula is C38H33N5O2S. The van der Waals surface area contributed by atoms with Crippen molar-refractivity contribution in [1.29, 1.82) is 0 Å². The summed E-state index contributed by atoms with van der Waals surface area (Å²) < 4.78 is 7.94. The Morgan fingerprint density at radius 3 is 2.41 bits per heavy atom. The molecule has 0 saturated carbocycles. The number of aromatic nitrogens is 2. The van der Waals surface area contributed by atoms with Crippen molar-refractivity contribution in [2.45, 2.75) is 25.9 Å². The molecule has 1 fully saturated rings. The largest absolute Gasteiger partial charge is 0.484 e. The summed E-state index contributed by atoms with van der Waals surface area (Å²) >= 11 is 5.99. The molecule has 228 valence electrons. The van der Waals surface area contributed by atoms with Gasteiger partial charge in [-0.25, -0.2) is 0 Å². The minimum atomic E-state index is -0.232. The number of amides is 1. The summed E-state index contributed by atoms with van der Waals surface area (Å²) in [6.45, 7) is 4.25. The maximum atomic E-state index is 12.6. The van der Waals surface area contributed by atoms with E-state index in [0.29, 0.717) is 16.5 Å². The summed E-state index contributed by atoms with van der Waals surface area (Å²) in [6, 6.07) is 39.8. The smallest absolute Gasteiger partial charge is 0.262 e. The number of anilines is 2. The van der Waals surface area contributed by atoms with Gasteiger partial charge in [0.1, 0.15) is 5.75 Å². The number of carbonyl (C=O) groups excluding carboxylic acids is 1. The van der Waals surface area contributed by atoms with E-state index in [-0.39, 0.29) is 24.6 Å². The molecule has 7 nitrogen and oxygen atoms in total. The van der Waals surface area contributed by atoms with Gasteiger partial charge >= 0.3 is 0 Å². The second kappa shape index (κ2) is 12.5. The van der Waals surface area contributed by atoms with Crippen molar-refractivity contribution in [3.05, 3.63) is 150 Å². The van der Waals surface area contributed by atoms with E-state index in [9.17, 15) is 4.79 Å². The third kappa shape index (κ3) is 5.59. The number of fused-ring (bicyclic) bond motifs is 1. The molecule has 3 heterocycles. The summed E-state index contributed by atoms with van der Waals surface area (Å²) in [4.78, 5) is 19.5. The SMILES string of the molecule is Cc1cc(C2C(c3ccccn3)NC(=S)N2c2ccc(NC(=O)COc3ccccc3)cc2)c(C)n1-c1cccc2ccccc12. The fourth-order valence-electron chi connectivity index (χ4n) is 6.38. The van der Waals surface area contributed by atoms with Crippen LogP contribution in [0.15, 0.2) is 128 Å². The number of pyridine rings is 1. The molecule has 2 N–H and O–H groups in total. The Labute approximate surface area is 273 Å². The van der Waals surface area contributed by atoms with Gasteiger partial charge in [-0.3, -0.25) is 9.78 Å². The number of nitrogens with zero attached hydrogens (tertiary/aromatic N) is 3. The van der Waals surface area contributed by atoms with Crippen LogP contribution in [0.4, 0.5) is 11.4 Å². The lowest BCUT2D eigenvalue weighted by molar-refractivity contribution is -0.118. The monoisotopic (exact) mass is 623 g/mol. The van der Waals surface area contributed by atoms with E-state index in [2.05, 4.69) is 82.5 Å². The third-order valence-electron chi connectivity index (χ3n) is 8.44. The molecule has 8 heteroatoms. The Hall–Kier alpha value is -5.47. The maximum absolute atomic E-state index is 12.6. The summed E-state index contributed by atoms with van der Waals surface area (Å²) in [5.41, 5.74) is 7.07. The standard InChI is InChI=1S/C38H33N5O2S/c1-25-23-32(26(2)42(25)34-17-10-12-27-11-6-7-15-31(27)34)37-36(33-16-8-9-22-39-33)41-38(46)43(37)29-20-18-28(19-21-29)40-35(44)24-45-30-13-4-3-5-14-30/h3-23,36-37H,24H2,1-2H3,(H,40,44)(H,41,46). The van der Waals surface area contributed by atoms with Crippen LogP contribution in [0.3, 0.4) is 0 Å². The lowest BCUT2D eigenvalue weighted by Gasteiger charge is -2.28. The van der Waals surface area contributed by atoms with Crippen LogP contribution in [-0.2, 0) is 4.79 Å². The van der Waals surface area contributed by atoms with E-state index >= 15 is 0 Å². The number of benzene rings is 4. The minimum Gasteiger partial charge on any atom is -0.484 e. The third-order valence-corrected chi connectivity index (χ3v) is 8.75. The highest BCUT2D eigenvalue weighted by molar-refractivity contribution is 7.80. The first-order valence-corrected chi connectivity index (χ1v) is 15.6. The first-order chi connectivity index (χ1) is 22.5. The number of aryl methyl sites for hydroxylation is 1. The molecule has 2 atom stereocenters. The van der Waals surface area contributed by atoms with E-state index in [0.717, 1.165) is 34.0 Å². The van der Waals surface area contributed by atoms with E-state index in [1.165, 1.54) is 10.8 Å². The lowest BCUT2D eigenvalue weighted by atomic mass is 9.96. The zero-order valence-corrected chi connectivity index (χ0v) is 26.4. The van der Waals surface area contributed by atoms with E-state index in [1.54, 1.807) is 0 Å². The zero-order chi connectivity index (χ0) is 31.6. The normalized spacial score (nSPS) is 16.0. The fourth-order valence-corrected chi connectivity index (χ4v) is 6.72. The quantitative estimate of drug-likeness (QED) is 0.168. The van der Waals surface area contributed by atoms with Crippen molar-refractivity contribution in [3.8, 4) is 11.4 Å². The van der Waals surface area contributed by atoms with Crippen LogP contribution in [0.25, 0.3) is 16.5 Å². The molecule has 1 amide bonds. The Morgan fingerprint density at radius 2 is 1.63 bits per heavy atom. The number of hydrogen-bond acceptors (Lipinski definition) is 4. The van der Waals surface area contributed by atoms with Crippen molar-refractivity contribution < 1.29 is 9.53 Å². The van der Waals surface area contributed by atoms with E-state index < -0.39 is 0 Å². The van der Waals surface area contributed by atoms with Crippen molar-refractivity contribution in [1.82, 2.24) is 14.9 Å². The van der Waals surface area contributed by atoms with Crippen LogP contribution in [0.5, 0.6) is 5.75 Å². The molecule has 1 aliphatic rings. The highest BCUT2D eigenvalue weighted by Gasteiger charge is 2.42. The van der Waals surface area contributed by atoms with Gasteiger partial charge in [0.05, 0.1) is 23.5 Å². The molecule has 0 aliphatic carbocycles. The van der Waals surface area contributed by atoms with Crippen LogP contribution < -0.4 is 20.3 Å². The molecular weight excluding hydrogens is 591 g/mol. The molecule has 0 spiro atoms. The summed E-state index contributed by atoms with van der Waals surface area (Å²) in [5, 5.41) is 9.51. The molecule has 2 aromatic heterocycles. The van der Waals surface area contributed by atoms with Gasteiger partial charge in [-0.2, -0.15) is 0 Å². The minimum absolute atomic E-state index is 0.0773. The summed E-state index contributed by atoms with van der Waals surface area (Å²) in [7, 11) is 0. The molecule has 1 aliphatic heterocycles. The number of carbonyl (C=O) groups is 1. The van der Waals surface area contributed by atoms with Crippen LogP contribution >= 0.6 is 12.2 Å². The van der Waals surface area contributed by atoms with Gasteiger partial charge in [-0.15, -0.1) is 0 Å². The highest BCUT2D eigenvalue weighted by atomic mass is 32.1. The van der Waals surface area contributed by atoms with Gasteiger partial charge in [0.2, 0.25) is 0 Å². The number of ether oxygens (including phenoxy) is 1. The predicted molar refractivity (Wildman–Crippen MR) is 188 cm³/mol. The average molecular weight is 624 g/mol. The van der Waals surface area contributed by atoms with Crippen molar-refractivity contribution in [3.63, 3.8) is 0 Å². The Bertz CT molecular complexity index is 2020. The lowest BCUT2D eigenvalue weighted by Crippen LogP contribution is -2.29. The first kappa shape index (κ1) is 29.3. The Balaban J connectivity index is 1.22. The molecule has 6 aromatic rings. The summed E-state index contributed by atoms with van der Waals surface area (Å²) in [5.74, 6) is 0.417. The zero-order valence-electron chi connectivity index (χ0n) is 25.6. The fraction of sp³-hybridized carbons (Fsp3) is 0.132. The maximum Gasteiger partial charge on any atom is 0.262 e. The van der Waals surface area contributed by atoms with Crippen LogP contribution in [0.1, 0.15) is 34.7 Å². The van der Waals surface area contributed by atoms with Gasteiger partial charge in [0.15, 0.2) is 11.7 Å². The van der Waals surface area contributed by atoms with Gasteiger partial charge in [0, 0.05) is 34.3 Å². The first-order valence-electron chi connectivity index (χ1n) is 15.2. The molecule has 7 rings (SSSR count). The Morgan fingerprint density at radius 1 is 0.891 bits per heavy atom. The summed E-state index contributed by atoms with van der Waals surface area (Å²) in [6.07, 6.45) is 1.82. The second-order valence-electron chi connectivity index (χ2n) is 11.4.